The molecule has 0 saturated heterocycles. The van der Waals surface area contributed by atoms with Crippen molar-refractivity contribution >= 4 is 10.4 Å². The van der Waals surface area contributed by atoms with E-state index in [9.17, 15) is 13.0 Å². The minimum absolute atomic E-state index is 0. The Bertz CT molecular complexity index is 217. The average Bonchev–Trinajstić information content (AvgIpc) is 2.08. The molecule has 0 radical (unpaired) electrons. The summed E-state index contributed by atoms with van der Waals surface area (Å²) < 4.78 is 38.9. The fourth-order valence-electron chi connectivity index (χ4n) is 0.928. The van der Waals surface area contributed by atoms with Crippen molar-refractivity contribution in [3.8, 4) is 0 Å². The van der Waals surface area contributed by atoms with Crippen molar-refractivity contribution in [2.45, 2.75) is 32.6 Å². The van der Waals surface area contributed by atoms with Crippen LogP contribution in [0.4, 0.5) is 0 Å². The van der Waals surface area contributed by atoms with Gasteiger partial charge >= 0.3 is 18.9 Å². The minimum Gasteiger partial charge on any atom is -0.726 e. The summed E-state index contributed by atoms with van der Waals surface area (Å²) in [6, 6.07) is 0. The minimum atomic E-state index is -4.56. The van der Waals surface area contributed by atoms with E-state index in [0.717, 1.165) is 19.3 Å². The molecule has 0 spiro atoms. The zero-order valence-electron chi connectivity index (χ0n) is 9.40. The van der Waals surface area contributed by atoms with Gasteiger partial charge in [0, 0.05) is 6.61 Å². The van der Waals surface area contributed by atoms with Crippen molar-refractivity contribution in [2.24, 2.45) is 0 Å². The molecule has 0 N–H and O–H groups in total. The van der Waals surface area contributed by atoms with E-state index in [-0.39, 0.29) is 32.1 Å². The summed E-state index contributed by atoms with van der Waals surface area (Å²) in [6.45, 7) is 2.66. The van der Waals surface area contributed by atoms with Crippen LogP contribution in [0.15, 0.2) is 0 Å². The molecule has 0 aliphatic carbocycles. The van der Waals surface area contributed by atoms with Gasteiger partial charge < -0.3 is 9.29 Å². The zero-order chi connectivity index (χ0) is 10.9. The third-order valence-electron chi connectivity index (χ3n) is 1.60. The Morgan fingerprint density at radius 2 is 1.73 bits per heavy atom. The van der Waals surface area contributed by atoms with Crippen LogP contribution in [0.25, 0.3) is 0 Å². The average molecular weight is 232 g/mol. The Balaban J connectivity index is 0. The molecule has 5 nitrogen and oxygen atoms in total. The quantitative estimate of drug-likeness (QED) is 0.200. The summed E-state index contributed by atoms with van der Waals surface area (Å²) in [4.78, 5) is 0. The summed E-state index contributed by atoms with van der Waals surface area (Å²) in [5, 5.41) is 0. The SMILES string of the molecule is CCCCCCOCCOS(=O)(=O)[O-].[Li+]. The molecule has 0 aromatic rings. The fraction of sp³-hybridized carbons (Fsp3) is 1.00. The van der Waals surface area contributed by atoms with Gasteiger partial charge in [-0.25, -0.2) is 8.42 Å². The van der Waals surface area contributed by atoms with Crippen molar-refractivity contribution in [3.63, 3.8) is 0 Å². The van der Waals surface area contributed by atoms with E-state index in [2.05, 4.69) is 11.1 Å². The van der Waals surface area contributed by atoms with Crippen molar-refractivity contribution in [1.29, 1.82) is 0 Å². The van der Waals surface area contributed by atoms with E-state index in [1.165, 1.54) is 6.42 Å². The van der Waals surface area contributed by atoms with Gasteiger partial charge in [-0.15, -0.1) is 0 Å². The second kappa shape index (κ2) is 10.9. The predicted octanol–water partition coefficient (Wildman–Crippen LogP) is -1.94. The first-order valence-electron chi connectivity index (χ1n) is 4.74. The van der Waals surface area contributed by atoms with Crippen molar-refractivity contribution in [1.82, 2.24) is 0 Å². The molecule has 0 atom stereocenters. The van der Waals surface area contributed by atoms with Gasteiger partial charge in [-0.2, -0.15) is 0 Å². The predicted molar refractivity (Wildman–Crippen MR) is 50.6 cm³/mol. The third kappa shape index (κ3) is 17.1. The second-order valence-electron chi connectivity index (χ2n) is 2.90. The van der Waals surface area contributed by atoms with Crippen LogP contribution in [-0.4, -0.2) is 32.8 Å². The van der Waals surface area contributed by atoms with Crippen LogP contribution in [0.1, 0.15) is 32.6 Å². The van der Waals surface area contributed by atoms with Crippen molar-refractivity contribution < 1.29 is 40.8 Å². The molecule has 0 aliphatic heterocycles. The van der Waals surface area contributed by atoms with Crippen LogP contribution in [-0.2, 0) is 19.3 Å². The molecule has 0 aromatic carbocycles. The van der Waals surface area contributed by atoms with E-state index in [1.807, 2.05) is 0 Å². The molecule has 7 heteroatoms. The zero-order valence-corrected chi connectivity index (χ0v) is 10.2. The first-order chi connectivity index (χ1) is 6.56. The molecule has 0 bridgehead atoms. The van der Waals surface area contributed by atoms with Gasteiger partial charge in [0.1, 0.15) is 0 Å². The molecule has 0 amide bonds. The standard InChI is InChI=1S/C8H18O5S.Li/c1-2-3-4-5-6-12-7-8-13-14(9,10)11;/h2-8H2,1H3,(H,9,10,11);/q;+1/p-1. The van der Waals surface area contributed by atoms with Crippen molar-refractivity contribution in [2.75, 3.05) is 19.8 Å². The summed E-state index contributed by atoms with van der Waals surface area (Å²) in [5.74, 6) is 0. The molecule has 0 unspecified atom stereocenters. The van der Waals surface area contributed by atoms with Gasteiger partial charge in [-0.05, 0) is 6.42 Å². The number of hydrogen-bond donors (Lipinski definition) is 0. The summed E-state index contributed by atoms with van der Waals surface area (Å²) in [5.41, 5.74) is 0. The van der Waals surface area contributed by atoms with Gasteiger partial charge in [-0.1, -0.05) is 26.2 Å². The van der Waals surface area contributed by atoms with Gasteiger partial charge in [0.25, 0.3) is 0 Å². The van der Waals surface area contributed by atoms with E-state index < -0.39 is 10.4 Å². The van der Waals surface area contributed by atoms with Crippen LogP contribution in [0, 0.1) is 0 Å². The van der Waals surface area contributed by atoms with E-state index in [1.54, 1.807) is 0 Å². The van der Waals surface area contributed by atoms with E-state index >= 15 is 0 Å². The molecule has 0 fully saturated rings. The first-order valence-corrected chi connectivity index (χ1v) is 6.07. The second-order valence-corrected chi connectivity index (χ2v) is 3.96. The summed E-state index contributed by atoms with van der Waals surface area (Å²) in [7, 11) is -4.56. The van der Waals surface area contributed by atoms with Crippen LogP contribution in [0.2, 0.25) is 0 Å². The van der Waals surface area contributed by atoms with E-state index in [0.29, 0.717) is 6.61 Å². The molecule has 0 rings (SSSR count). The van der Waals surface area contributed by atoms with Crippen LogP contribution in [0.3, 0.4) is 0 Å². The van der Waals surface area contributed by atoms with Gasteiger partial charge in [-0.3, -0.25) is 4.18 Å². The molecule has 15 heavy (non-hydrogen) atoms. The molecular formula is C8H17LiO5S. The molecule has 0 aromatic heterocycles. The van der Waals surface area contributed by atoms with Crippen LogP contribution in [0.5, 0.6) is 0 Å². The summed E-state index contributed by atoms with van der Waals surface area (Å²) in [6.07, 6.45) is 4.40. The number of ether oxygens (including phenoxy) is 1. The number of rotatable bonds is 9. The number of unbranched alkanes of at least 4 members (excludes halogenated alkanes) is 3. The fourth-order valence-corrected chi connectivity index (χ4v) is 1.20. The smallest absolute Gasteiger partial charge is 0.726 e. The largest absolute Gasteiger partial charge is 1.00 e. The van der Waals surface area contributed by atoms with E-state index in [4.69, 9.17) is 4.74 Å². The Kier molecular flexibility index (Phi) is 13.0. The number of hydrogen-bond acceptors (Lipinski definition) is 5. The maximum absolute atomic E-state index is 9.97. The van der Waals surface area contributed by atoms with Gasteiger partial charge in [0.05, 0.1) is 13.2 Å². The molecule has 0 saturated carbocycles. The molecule has 86 valence electrons. The Labute approximate surface area is 104 Å². The molecule has 0 heterocycles. The van der Waals surface area contributed by atoms with Gasteiger partial charge in [0.2, 0.25) is 10.4 Å². The topological polar surface area (TPSA) is 75.7 Å². The molecule has 0 aliphatic rings. The van der Waals surface area contributed by atoms with Gasteiger partial charge in [0.15, 0.2) is 0 Å². The maximum atomic E-state index is 9.97. The van der Waals surface area contributed by atoms with Crippen LogP contribution < -0.4 is 18.9 Å². The molecular weight excluding hydrogens is 215 g/mol. The Morgan fingerprint density at radius 3 is 2.27 bits per heavy atom. The Hall–Kier alpha value is 0.427. The normalized spacial score (nSPS) is 11.1. The first kappa shape index (κ1) is 17.8. The van der Waals surface area contributed by atoms with Crippen LogP contribution >= 0.6 is 0 Å². The summed E-state index contributed by atoms with van der Waals surface area (Å²) >= 11 is 0. The maximum Gasteiger partial charge on any atom is 1.00 e. The third-order valence-corrected chi connectivity index (χ3v) is 2.05. The Morgan fingerprint density at radius 1 is 1.07 bits per heavy atom. The monoisotopic (exact) mass is 232 g/mol. The van der Waals surface area contributed by atoms with Crippen molar-refractivity contribution in [3.05, 3.63) is 0 Å².